The van der Waals surface area contributed by atoms with Gasteiger partial charge in [0.1, 0.15) is 17.2 Å². The lowest BCUT2D eigenvalue weighted by atomic mass is 10.1. The molecule has 25 heavy (non-hydrogen) atoms. The molecule has 126 valence electrons. The van der Waals surface area contributed by atoms with Gasteiger partial charge in [-0.2, -0.15) is 0 Å². The van der Waals surface area contributed by atoms with Gasteiger partial charge in [-0.05, 0) is 25.1 Å². The Hall–Kier alpha value is -3.35. The van der Waals surface area contributed by atoms with Gasteiger partial charge in [0.25, 0.3) is 5.91 Å². The quantitative estimate of drug-likeness (QED) is 0.717. The summed E-state index contributed by atoms with van der Waals surface area (Å²) in [6, 6.07) is 7.73. The van der Waals surface area contributed by atoms with Gasteiger partial charge >= 0.3 is 0 Å². The van der Waals surface area contributed by atoms with Crippen LogP contribution in [0.4, 0.5) is 14.5 Å². The van der Waals surface area contributed by atoms with Crippen molar-refractivity contribution in [2.24, 2.45) is 0 Å². The maximum atomic E-state index is 13.9. The standard InChI is InChI=1S/C18H12F2N2O3/c1-9(23)10-3-2-4-12(5-10)22-18(25)13-8-21-15-7-11(19)6-14(20)16(15)17(13)24/h2-8H,1H3,(H,21,24)(H,22,25). The highest BCUT2D eigenvalue weighted by atomic mass is 19.1. The van der Waals surface area contributed by atoms with E-state index < -0.39 is 28.4 Å². The van der Waals surface area contributed by atoms with E-state index in [2.05, 4.69) is 10.3 Å². The van der Waals surface area contributed by atoms with Crippen molar-refractivity contribution in [2.45, 2.75) is 6.92 Å². The van der Waals surface area contributed by atoms with Crippen LogP contribution in [0.3, 0.4) is 0 Å². The van der Waals surface area contributed by atoms with Crippen LogP contribution in [0.2, 0.25) is 0 Å². The summed E-state index contributed by atoms with van der Waals surface area (Å²) in [5.41, 5.74) is -0.515. The number of rotatable bonds is 3. The van der Waals surface area contributed by atoms with Crippen LogP contribution in [0.15, 0.2) is 47.4 Å². The topological polar surface area (TPSA) is 79.0 Å². The summed E-state index contributed by atoms with van der Waals surface area (Å²) in [6.07, 6.45) is 1.09. The van der Waals surface area contributed by atoms with E-state index in [-0.39, 0.29) is 16.9 Å². The van der Waals surface area contributed by atoms with E-state index in [1.54, 1.807) is 18.2 Å². The van der Waals surface area contributed by atoms with E-state index in [1.165, 1.54) is 13.0 Å². The summed E-state index contributed by atoms with van der Waals surface area (Å²) >= 11 is 0. The number of carbonyl (C=O) groups excluding carboxylic acids is 2. The molecule has 0 radical (unpaired) electrons. The fourth-order valence-electron chi connectivity index (χ4n) is 2.45. The Labute approximate surface area is 140 Å². The van der Waals surface area contributed by atoms with Crippen molar-refractivity contribution in [3.05, 3.63) is 75.6 Å². The van der Waals surface area contributed by atoms with Gasteiger partial charge in [-0.25, -0.2) is 8.78 Å². The first-order chi connectivity index (χ1) is 11.9. The number of anilines is 1. The number of carbonyl (C=O) groups is 2. The number of nitrogens with one attached hydrogen (secondary N) is 2. The van der Waals surface area contributed by atoms with Crippen molar-refractivity contribution in [1.29, 1.82) is 0 Å². The predicted octanol–water partition coefficient (Wildman–Crippen LogP) is 3.26. The lowest BCUT2D eigenvalue weighted by molar-refractivity contribution is 0.101. The summed E-state index contributed by atoms with van der Waals surface area (Å²) in [5, 5.41) is 2.09. The van der Waals surface area contributed by atoms with Crippen LogP contribution in [0.5, 0.6) is 0 Å². The van der Waals surface area contributed by atoms with Crippen LogP contribution >= 0.6 is 0 Å². The molecular formula is C18H12F2N2O3. The first-order valence-electron chi connectivity index (χ1n) is 7.29. The van der Waals surface area contributed by atoms with E-state index in [0.717, 1.165) is 12.3 Å². The lowest BCUT2D eigenvalue weighted by Crippen LogP contribution is -2.22. The second-order valence-corrected chi connectivity index (χ2v) is 5.43. The van der Waals surface area contributed by atoms with Crippen molar-refractivity contribution in [2.75, 3.05) is 5.32 Å². The Balaban J connectivity index is 2.01. The summed E-state index contributed by atoms with van der Waals surface area (Å²) < 4.78 is 27.1. The average Bonchev–Trinajstić information content (AvgIpc) is 2.54. The molecule has 7 heteroatoms. The van der Waals surface area contributed by atoms with Crippen LogP contribution in [-0.2, 0) is 0 Å². The molecule has 2 N–H and O–H groups in total. The molecule has 1 aromatic heterocycles. The number of aromatic nitrogens is 1. The Morgan fingerprint density at radius 2 is 1.88 bits per heavy atom. The number of halogens is 2. The number of hydrogen-bond acceptors (Lipinski definition) is 3. The molecule has 0 unspecified atom stereocenters. The molecule has 5 nitrogen and oxygen atoms in total. The number of amides is 1. The molecule has 1 amide bonds. The molecule has 0 fully saturated rings. The van der Waals surface area contributed by atoms with Crippen LogP contribution in [-0.4, -0.2) is 16.7 Å². The van der Waals surface area contributed by atoms with Crippen molar-refractivity contribution in [1.82, 2.24) is 4.98 Å². The predicted molar refractivity (Wildman–Crippen MR) is 88.9 cm³/mol. The monoisotopic (exact) mass is 342 g/mol. The zero-order chi connectivity index (χ0) is 18.1. The Morgan fingerprint density at radius 1 is 1.12 bits per heavy atom. The molecule has 0 aliphatic rings. The van der Waals surface area contributed by atoms with E-state index >= 15 is 0 Å². The lowest BCUT2D eigenvalue weighted by Gasteiger charge is -2.07. The normalized spacial score (nSPS) is 10.7. The highest BCUT2D eigenvalue weighted by Gasteiger charge is 2.17. The third kappa shape index (κ3) is 3.16. The molecule has 3 aromatic rings. The summed E-state index contributed by atoms with van der Waals surface area (Å²) in [7, 11) is 0. The van der Waals surface area contributed by atoms with Gasteiger partial charge in [0.15, 0.2) is 5.78 Å². The van der Waals surface area contributed by atoms with Gasteiger partial charge in [0.2, 0.25) is 5.43 Å². The number of H-pyrrole nitrogens is 1. The highest BCUT2D eigenvalue weighted by molar-refractivity contribution is 6.06. The molecule has 0 spiro atoms. The van der Waals surface area contributed by atoms with E-state index in [0.29, 0.717) is 17.3 Å². The molecule has 0 saturated heterocycles. The van der Waals surface area contributed by atoms with Gasteiger partial charge < -0.3 is 10.3 Å². The Kier molecular flexibility index (Phi) is 4.14. The number of pyridine rings is 1. The first kappa shape index (κ1) is 16.5. The minimum absolute atomic E-state index is 0.0439. The fourth-order valence-corrected chi connectivity index (χ4v) is 2.45. The van der Waals surface area contributed by atoms with Crippen LogP contribution in [0, 0.1) is 11.6 Å². The minimum Gasteiger partial charge on any atom is -0.360 e. The van der Waals surface area contributed by atoms with Crippen LogP contribution in [0.1, 0.15) is 27.6 Å². The number of benzene rings is 2. The largest absolute Gasteiger partial charge is 0.360 e. The summed E-state index contributed by atoms with van der Waals surface area (Å²) in [6.45, 7) is 1.39. The molecule has 0 atom stereocenters. The smallest absolute Gasteiger partial charge is 0.261 e. The van der Waals surface area contributed by atoms with Gasteiger partial charge in [0.05, 0.1) is 10.9 Å². The SMILES string of the molecule is CC(=O)c1cccc(NC(=O)c2c[nH]c3cc(F)cc(F)c3c2=O)c1. The maximum absolute atomic E-state index is 13.9. The summed E-state index contributed by atoms with van der Waals surface area (Å²) in [5.74, 6) is -2.83. The van der Waals surface area contributed by atoms with Crippen molar-refractivity contribution in [3.8, 4) is 0 Å². The average molecular weight is 342 g/mol. The Morgan fingerprint density at radius 3 is 2.60 bits per heavy atom. The Bertz CT molecular complexity index is 1070. The molecule has 0 aliphatic heterocycles. The van der Waals surface area contributed by atoms with E-state index in [4.69, 9.17) is 0 Å². The number of Topliss-reactive ketones (excluding diaryl/α,β-unsaturated/α-hetero) is 1. The van der Waals surface area contributed by atoms with Gasteiger partial charge in [0, 0.05) is 23.5 Å². The van der Waals surface area contributed by atoms with Crippen molar-refractivity contribution in [3.63, 3.8) is 0 Å². The molecule has 0 bridgehead atoms. The first-order valence-corrected chi connectivity index (χ1v) is 7.29. The highest BCUT2D eigenvalue weighted by Crippen LogP contribution is 2.16. The van der Waals surface area contributed by atoms with Gasteiger partial charge in [-0.1, -0.05) is 12.1 Å². The maximum Gasteiger partial charge on any atom is 0.261 e. The second kappa shape index (κ2) is 6.27. The van der Waals surface area contributed by atoms with Gasteiger partial charge in [-0.3, -0.25) is 14.4 Å². The van der Waals surface area contributed by atoms with Crippen LogP contribution in [0.25, 0.3) is 10.9 Å². The molecule has 0 aliphatic carbocycles. The molecular weight excluding hydrogens is 330 g/mol. The molecule has 3 rings (SSSR count). The third-order valence-corrected chi connectivity index (χ3v) is 3.67. The zero-order valence-corrected chi connectivity index (χ0v) is 13.0. The third-order valence-electron chi connectivity index (χ3n) is 3.67. The summed E-state index contributed by atoms with van der Waals surface area (Å²) in [4.78, 5) is 38.6. The minimum atomic E-state index is -1.05. The number of aromatic amines is 1. The number of fused-ring (bicyclic) bond motifs is 1. The molecule has 2 aromatic carbocycles. The zero-order valence-electron chi connectivity index (χ0n) is 13.0. The van der Waals surface area contributed by atoms with E-state index in [9.17, 15) is 23.2 Å². The number of hydrogen-bond donors (Lipinski definition) is 2. The van der Waals surface area contributed by atoms with Crippen molar-refractivity contribution < 1.29 is 18.4 Å². The van der Waals surface area contributed by atoms with E-state index in [1.807, 2.05) is 0 Å². The number of ketones is 1. The second-order valence-electron chi connectivity index (χ2n) is 5.43. The molecule has 0 saturated carbocycles. The van der Waals surface area contributed by atoms with Gasteiger partial charge in [-0.15, -0.1) is 0 Å². The van der Waals surface area contributed by atoms with Crippen molar-refractivity contribution >= 4 is 28.3 Å². The van der Waals surface area contributed by atoms with Crippen LogP contribution < -0.4 is 10.7 Å². The molecule has 1 heterocycles. The fraction of sp³-hybridized carbons (Fsp3) is 0.0556.